The lowest BCUT2D eigenvalue weighted by atomic mass is 10.1. The Morgan fingerprint density at radius 1 is 1.35 bits per heavy atom. The molecule has 6 heteroatoms. The van der Waals surface area contributed by atoms with Crippen molar-refractivity contribution in [2.75, 3.05) is 13.2 Å². The largest absolute Gasteiger partial charge is 0.494 e. The highest BCUT2D eigenvalue weighted by atomic mass is 35.5. The van der Waals surface area contributed by atoms with Gasteiger partial charge >= 0.3 is 5.97 Å². The molecule has 4 nitrogen and oxygen atoms in total. The summed E-state index contributed by atoms with van der Waals surface area (Å²) in [5.41, 5.74) is 1.31. The SMILES string of the molecule is CCOC(=O)c1sc(Cl)nc1-c1cccc(OCC)c1. The molecule has 2 rings (SSSR count). The van der Waals surface area contributed by atoms with Crippen LogP contribution < -0.4 is 4.74 Å². The molecule has 0 amide bonds. The number of esters is 1. The summed E-state index contributed by atoms with van der Waals surface area (Å²) in [6, 6.07) is 7.39. The van der Waals surface area contributed by atoms with E-state index in [9.17, 15) is 4.79 Å². The smallest absolute Gasteiger partial charge is 0.350 e. The number of rotatable bonds is 5. The van der Waals surface area contributed by atoms with E-state index in [-0.39, 0.29) is 0 Å². The van der Waals surface area contributed by atoms with Crippen LogP contribution in [0, 0.1) is 0 Å². The zero-order valence-electron chi connectivity index (χ0n) is 11.2. The van der Waals surface area contributed by atoms with Crippen molar-refractivity contribution in [3.8, 4) is 17.0 Å². The second-order valence-electron chi connectivity index (χ2n) is 3.83. The van der Waals surface area contributed by atoms with Gasteiger partial charge < -0.3 is 9.47 Å². The topological polar surface area (TPSA) is 48.4 Å². The molecule has 1 aromatic carbocycles. The fraction of sp³-hybridized carbons (Fsp3) is 0.286. The molecule has 0 aliphatic carbocycles. The highest BCUT2D eigenvalue weighted by Crippen LogP contribution is 2.33. The molecule has 1 aromatic heterocycles. The standard InChI is InChI=1S/C14H14ClNO3S/c1-3-18-10-7-5-6-9(8-10)11-12(13(17)19-4-2)20-14(15)16-11/h5-8H,3-4H2,1-2H3. The predicted octanol–water partition coefficient (Wildman–Crippen LogP) is 4.04. The van der Waals surface area contributed by atoms with Crippen LogP contribution in [0.15, 0.2) is 24.3 Å². The van der Waals surface area contributed by atoms with Gasteiger partial charge in [-0.1, -0.05) is 35.1 Å². The van der Waals surface area contributed by atoms with Gasteiger partial charge in [0.05, 0.1) is 18.9 Å². The number of thiazole rings is 1. The van der Waals surface area contributed by atoms with Gasteiger partial charge in [-0.2, -0.15) is 0 Å². The number of benzene rings is 1. The number of hydrogen-bond acceptors (Lipinski definition) is 5. The van der Waals surface area contributed by atoms with Crippen molar-refractivity contribution in [2.45, 2.75) is 13.8 Å². The highest BCUT2D eigenvalue weighted by Gasteiger charge is 2.20. The van der Waals surface area contributed by atoms with Gasteiger partial charge in [-0.3, -0.25) is 0 Å². The zero-order valence-corrected chi connectivity index (χ0v) is 12.8. The van der Waals surface area contributed by atoms with Crippen LogP contribution in [0.3, 0.4) is 0 Å². The summed E-state index contributed by atoms with van der Waals surface area (Å²) in [6.07, 6.45) is 0. The molecule has 0 fully saturated rings. The minimum atomic E-state index is -0.409. The minimum Gasteiger partial charge on any atom is -0.494 e. The van der Waals surface area contributed by atoms with Crippen molar-refractivity contribution in [1.29, 1.82) is 0 Å². The number of halogens is 1. The monoisotopic (exact) mass is 311 g/mol. The fourth-order valence-electron chi connectivity index (χ4n) is 1.72. The van der Waals surface area contributed by atoms with Crippen LogP contribution in [-0.2, 0) is 4.74 Å². The highest BCUT2D eigenvalue weighted by molar-refractivity contribution is 7.17. The fourth-order valence-corrected chi connectivity index (χ4v) is 2.75. The third kappa shape index (κ3) is 3.29. The van der Waals surface area contributed by atoms with Gasteiger partial charge in [-0.15, -0.1) is 0 Å². The maximum atomic E-state index is 11.9. The van der Waals surface area contributed by atoms with Crippen molar-refractivity contribution in [3.63, 3.8) is 0 Å². The van der Waals surface area contributed by atoms with E-state index in [1.54, 1.807) is 6.92 Å². The quantitative estimate of drug-likeness (QED) is 0.782. The lowest BCUT2D eigenvalue weighted by Gasteiger charge is -2.06. The first kappa shape index (κ1) is 14.8. The van der Waals surface area contributed by atoms with Gasteiger partial charge in [0.2, 0.25) is 0 Å². The van der Waals surface area contributed by atoms with E-state index >= 15 is 0 Å². The summed E-state index contributed by atoms with van der Waals surface area (Å²) in [5.74, 6) is 0.317. The van der Waals surface area contributed by atoms with E-state index in [1.165, 1.54) is 0 Å². The Kier molecular flexibility index (Phi) is 4.98. The molecule has 0 saturated heterocycles. The first-order chi connectivity index (χ1) is 9.65. The summed E-state index contributed by atoms with van der Waals surface area (Å²) in [7, 11) is 0. The Bertz CT molecular complexity index is 612. The Morgan fingerprint density at radius 2 is 2.15 bits per heavy atom. The van der Waals surface area contributed by atoms with Crippen LogP contribution in [-0.4, -0.2) is 24.2 Å². The van der Waals surface area contributed by atoms with Gasteiger partial charge in [-0.05, 0) is 26.0 Å². The van der Waals surface area contributed by atoms with Crippen molar-refractivity contribution in [1.82, 2.24) is 4.98 Å². The molecule has 0 atom stereocenters. The average molecular weight is 312 g/mol. The molecular formula is C14H14ClNO3S. The van der Waals surface area contributed by atoms with Gasteiger partial charge in [0.1, 0.15) is 10.6 Å². The van der Waals surface area contributed by atoms with Crippen LogP contribution in [0.1, 0.15) is 23.5 Å². The molecule has 0 spiro atoms. The van der Waals surface area contributed by atoms with E-state index in [0.717, 1.165) is 22.6 Å². The predicted molar refractivity (Wildman–Crippen MR) is 79.7 cm³/mol. The molecule has 0 aliphatic rings. The number of aromatic nitrogens is 1. The Hall–Kier alpha value is -1.59. The van der Waals surface area contributed by atoms with Crippen molar-refractivity contribution >= 4 is 28.9 Å². The van der Waals surface area contributed by atoms with E-state index < -0.39 is 5.97 Å². The summed E-state index contributed by atoms with van der Waals surface area (Å²) in [5, 5.41) is 0. The third-order valence-electron chi connectivity index (χ3n) is 2.48. The first-order valence-corrected chi connectivity index (χ1v) is 7.41. The van der Waals surface area contributed by atoms with E-state index in [2.05, 4.69) is 4.98 Å². The molecule has 0 unspecified atom stereocenters. The number of hydrogen-bond donors (Lipinski definition) is 0. The Labute approximate surface area is 126 Å². The molecule has 2 aromatic rings. The van der Waals surface area contributed by atoms with Crippen molar-refractivity contribution in [3.05, 3.63) is 33.6 Å². The molecule has 0 radical (unpaired) electrons. The Morgan fingerprint density at radius 3 is 2.85 bits per heavy atom. The van der Waals surface area contributed by atoms with Crippen molar-refractivity contribution in [2.24, 2.45) is 0 Å². The van der Waals surface area contributed by atoms with Gasteiger partial charge in [0.15, 0.2) is 4.47 Å². The average Bonchev–Trinajstić information content (AvgIpc) is 2.82. The van der Waals surface area contributed by atoms with E-state index in [0.29, 0.717) is 28.3 Å². The number of carbonyl (C=O) groups excluding carboxylic acids is 1. The molecular weight excluding hydrogens is 298 g/mol. The molecule has 0 N–H and O–H groups in total. The second kappa shape index (κ2) is 6.72. The molecule has 0 bridgehead atoms. The lowest BCUT2D eigenvalue weighted by Crippen LogP contribution is -2.04. The summed E-state index contributed by atoms with van der Waals surface area (Å²) >= 11 is 7.04. The van der Waals surface area contributed by atoms with Gasteiger partial charge in [-0.25, -0.2) is 9.78 Å². The van der Waals surface area contributed by atoms with Gasteiger partial charge in [0, 0.05) is 5.56 Å². The lowest BCUT2D eigenvalue weighted by molar-refractivity contribution is 0.0532. The Balaban J connectivity index is 2.41. The molecule has 106 valence electrons. The van der Waals surface area contributed by atoms with Crippen LogP contribution in [0.25, 0.3) is 11.3 Å². The molecule has 0 aliphatic heterocycles. The maximum Gasteiger partial charge on any atom is 0.350 e. The summed E-state index contributed by atoms with van der Waals surface area (Å²) in [4.78, 5) is 16.5. The van der Waals surface area contributed by atoms with E-state index in [4.69, 9.17) is 21.1 Å². The third-order valence-corrected chi connectivity index (χ3v) is 3.62. The van der Waals surface area contributed by atoms with Crippen LogP contribution in [0.5, 0.6) is 5.75 Å². The number of ether oxygens (including phenoxy) is 2. The molecule has 20 heavy (non-hydrogen) atoms. The van der Waals surface area contributed by atoms with Crippen LogP contribution in [0.2, 0.25) is 4.47 Å². The molecule has 1 heterocycles. The summed E-state index contributed by atoms with van der Waals surface area (Å²) in [6.45, 7) is 4.56. The first-order valence-electron chi connectivity index (χ1n) is 6.22. The van der Waals surface area contributed by atoms with E-state index in [1.807, 2.05) is 31.2 Å². The normalized spacial score (nSPS) is 10.3. The van der Waals surface area contributed by atoms with Crippen molar-refractivity contribution < 1.29 is 14.3 Å². The number of nitrogens with zero attached hydrogens (tertiary/aromatic N) is 1. The maximum absolute atomic E-state index is 11.9. The van der Waals surface area contributed by atoms with Crippen LogP contribution >= 0.6 is 22.9 Å². The zero-order chi connectivity index (χ0) is 14.5. The number of carbonyl (C=O) groups is 1. The minimum absolute atomic E-state index is 0.310. The van der Waals surface area contributed by atoms with Gasteiger partial charge in [0.25, 0.3) is 0 Å². The van der Waals surface area contributed by atoms with Crippen LogP contribution in [0.4, 0.5) is 0 Å². The second-order valence-corrected chi connectivity index (χ2v) is 5.41. The molecule has 0 saturated carbocycles. The summed E-state index contributed by atoms with van der Waals surface area (Å²) < 4.78 is 10.8.